The summed E-state index contributed by atoms with van der Waals surface area (Å²) in [6, 6.07) is 14.9. The molecule has 0 bridgehead atoms. The van der Waals surface area contributed by atoms with Crippen LogP contribution in [-0.2, 0) is 0 Å². The lowest BCUT2D eigenvalue weighted by molar-refractivity contribution is 0.475. The zero-order chi connectivity index (χ0) is 11.4. The highest BCUT2D eigenvalue weighted by molar-refractivity contribution is 5.83. The quantitative estimate of drug-likeness (QED) is 0.758. The summed E-state index contributed by atoms with van der Waals surface area (Å²) in [5, 5.41) is 9.13. The zero-order valence-electron chi connectivity index (χ0n) is 9.09. The SMILES string of the molecule is Cc1ccccc1C=Nc1ccc(O)cc1. The van der Waals surface area contributed by atoms with Crippen LogP contribution in [0.4, 0.5) is 5.69 Å². The molecule has 1 N–H and O–H groups in total. The number of phenolic OH excluding ortho intramolecular Hbond substituents is 1. The van der Waals surface area contributed by atoms with Gasteiger partial charge in [0.25, 0.3) is 0 Å². The van der Waals surface area contributed by atoms with Crippen LogP contribution in [0.1, 0.15) is 11.1 Å². The van der Waals surface area contributed by atoms with E-state index in [-0.39, 0.29) is 5.75 Å². The molecule has 2 aromatic rings. The maximum Gasteiger partial charge on any atom is 0.115 e. The van der Waals surface area contributed by atoms with E-state index in [4.69, 9.17) is 5.11 Å². The molecule has 0 unspecified atom stereocenters. The Balaban J connectivity index is 2.21. The van der Waals surface area contributed by atoms with Crippen molar-refractivity contribution in [2.45, 2.75) is 6.92 Å². The molecule has 2 rings (SSSR count). The first-order valence-corrected chi connectivity index (χ1v) is 5.14. The minimum atomic E-state index is 0.259. The van der Waals surface area contributed by atoms with Crippen molar-refractivity contribution in [3.63, 3.8) is 0 Å². The van der Waals surface area contributed by atoms with Gasteiger partial charge in [-0.1, -0.05) is 24.3 Å². The summed E-state index contributed by atoms with van der Waals surface area (Å²) < 4.78 is 0. The molecule has 0 amide bonds. The van der Waals surface area contributed by atoms with Crippen LogP contribution in [0.2, 0.25) is 0 Å². The Morgan fingerprint density at radius 2 is 1.69 bits per heavy atom. The summed E-state index contributed by atoms with van der Waals surface area (Å²) in [5.41, 5.74) is 3.14. The molecule has 2 heteroatoms. The third-order valence-electron chi connectivity index (χ3n) is 2.39. The molecule has 16 heavy (non-hydrogen) atoms. The molecule has 0 aromatic heterocycles. The maximum absolute atomic E-state index is 9.13. The van der Waals surface area contributed by atoms with Gasteiger partial charge in [-0.15, -0.1) is 0 Å². The number of hydrogen-bond acceptors (Lipinski definition) is 2. The smallest absolute Gasteiger partial charge is 0.115 e. The van der Waals surface area contributed by atoms with Crippen LogP contribution >= 0.6 is 0 Å². The van der Waals surface area contributed by atoms with Crippen LogP contribution < -0.4 is 0 Å². The highest BCUT2D eigenvalue weighted by atomic mass is 16.3. The van der Waals surface area contributed by atoms with E-state index in [9.17, 15) is 0 Å². The second-order valence-corrected chi connectivity index (χ2v) is 3.63. The van der Waals surface area contributed by atoms with Gasteiger partial charge in [0.05, 0.1) is 5.69 Å². The van der Waals surface area contributed by atoms with E-state index < -0.39 is 0 Å². The van der Waals surface area contributed by atoms with Crippen LogP contribution in [0.3, 0.4) is 0 Å². The molecule has 0 aliphatic carbocycles. The third-order valence-corrected chi connectivity index (χ3v) is 2.39. The van der Waals surface area contributed by atoms with E-state index in [2.05, 4.69) is 18.0 Å². The minimum absolute atomic E-state index is 0.259. The van der Waals surface area contributed by atoms with Gasteiger partial charge in [0.1, 0.15) is 5.75 Å². The predicted molar refractivity (Wildman–Crippen MR) is 66.5 cm³/mol. The number of phenols is 1. The average Bonchev–Trinajstić information content (AvgIpc) is 2.30. The normalized spacial score (nSPS) is 10.8. The second-order valence-electron chi connectivity index (χ2n) is 3.63. The van der Waals surface area contributed by atoms with E-state index in [1.54, 1.807) is 24.3 Å². The monoisotopic (exact) mass is 211 g/mol. The largest absolute Gasteiger partial charge is 0.508 e. The maximum atomic E-state index is 9.13. The molecular formula is C14H13NO. The number of aliphatic imine (C=N–C) groups is 1. The highest BCUT2D eigenvalue weighted by Gasteiger charge is 1.93. The summed E-state index contributed by atoms with van der Waals surface area (Å²) in [6.45, 7) is 2.05. The van der Waals surface area contributed by atoms with Gasteiger partial charge in [0, 0.05) is 6.21 Å². The van der Waals surface area contributed by atoms with Crippen molar-refractivity contribution in [3.05, 3.63) is 59.7 Å². The van der Waals surface area contributed by atoms with Crippen LogP contribution in [0.25, 0.3) is 0 Å². The van der Waals surface area contributed by atoms with Crippen LogP contribution in [0.15, 0.2) is 53.5 Å². The van der Waals surface area contributed by atoms with E-state index in [0.717, 1.165) is 11.3 Å². The first-order chi connectivity index (χ1) is 7.75. The van der Waals surface area contributed by atoms with Crippen molar-refractivity contribution < 1.29 is 5.11 Å². The number of benzene rings is 2. The number of hydrogen-bond donors (Lipinski definition) is 1. The molecule has 0 fully saturated rings. The highest BCUT2D eigenvalue weighted by Crippen LogP contribution is 2.16. The van der Waals surface area contributed by atoms with Gasteiger partial charge in [-0.3, -0.25) is 4.99 Å². The van der Waals surface area contributed by atoms with Crippen molar-refractivity contribution in [1.82, 2.24) is 0 Å². The standard InChI is InChI=1S/C14H13NO/c1-11-4-2-3-5-12(11)10-15-13-6-8-14(16)9-7-13/h2-10,16H,1H3. The molecule has 0 saturated carbocycles. The fourth-order valence-electron chi connectivity index (χ4n) is 1.41. The molecule has 0 saturated heterocycles. The third kappa shape index (κ3) is 2.48. The Morgan fingerprint density at radius 1 is 1.00 bits per heavy atom. The number of rotatable bonds is 2. The van der Waals surface area contributed by atoms with E-state index in [0.29, 0.717) is 0 Å². The molecule has 2 aromatic carbocycles. The summed E-state index contributed by atoms with van der Waals surface area (Å²) in [6.07, 6.45) is 1.84. The lowest BCUT2D eigenvalue weighted by atomic mass is 10.1. The number of aryl methyl sites for hydroxylation is 1. The lowest BCUT2D eigenvalue weighted by Gasteiger charge is -1.98. The van der Waals surface area contributed by atoms with Gasteiger partial charge in [-0.05, 0) is 42.3 Å². The fraction of sp³-hybridized carbons (Fsp3) is 0.0714. The molecule has 0 aliphatic rings. The van der Waals surface area contributed by atoms with Gasteiger partial charge in [-0.25, -0.2) is 0 Å². The topological polar surface area (TPSA) is 32.6 Å². The minimum Gasteiger partial charge on any atom is -0.508 e. The van der Waals surface area contributed by atoms with Gasteiger partial charge >= 0.3 is 0 Å². The Labute approximate surface area is 94.9 Å². The molecule has 0 spiro atoms. The van der Waals surface area contributed by atoms with Crippen molar-refractivity contribution in [3.8, 4) is 5.75 Å². The van der Waals surface area contributed by atoms with E-state index in [1.807, 2.05) is 24.4 Å². The summed E-state index contributed by atoms with van der Waals surface area (Å²) in [4.78, 5) is 4.34. The second kappa shape index (κ2) is 4.62. The fourth-order valence-corrected chi connectivity index (χ4v) is 1.41. The van der Waals surface area contributed by atoms with E-state index >= 15 is 0 Å². The first-order valence-electron chi connectivity index (χ1n) is 5.14. The zero-order valence-corrected chi connectivity index (χ0v) is 9.09. The first kappa shape index (κ1) is 10.4. The molecular weight excluding hydrogens is 198 g/mol. The van der Waals surface area contributed by atoms with Crippen molar-refractivity contribution in [2.24, 2.45) is 4.99 Å². The van der Waals surface area contributed by atoms with Gasteiger partial charge in [-0.2, -0.15) is 0 Å². The Hall–Kier alpha value is -2.09. The molecule has 0 aliphatic heterocycles. The molecule has 80 valence electrons. The van der Waals surface area contributed by atoms with Gasteiger partial charge < -0.3 is 5.11 Å². The number of aromatic hydroxyl groups is 1. The van der Waals surface area contributed by atoms with Crippen molar-refractivity contribution in [2.75, 3.05) is 0 Å². The predicted octanol–water partition coefficient (Wildman–Crippen LogP) is 3.45. The summed E-state index contributed by atoms with van der Waals surface area (Å²) in [7, 11) is 0. The average molecular weight is 211 g/mol. The van der Waals surface area contributed by atoms with Crippen LogP contribution in [0, 0.1) is 6.92 Å². The Bertz CT molecular complexity index is 500. The van der Waals surface area contributed by atoms with Crippen molar-refractivity contribution >= 4 is 11.9 Å². The van der Waals surface area contributed by atoms with Gasteiger partial charge in [0.2, 0.25) is 0 Å². The lowest BCUT2D eigenvalue weighted by Crippen LogP contribution is -1.84. The number of nitrogens with zero attached hydrogens (tertiary/aromatic N) is 1. The van der Waals surface area contributed by atoms with Crippen LogP contribution in [0.5, 0.6) is 5.75 Å². The summed E-state index contributed by atoms with van der Waals surface area (Å²) >= 11 is 0. The Kier molecular flexibility index (Phi) is 3.01. The van der Waals surface area contributed by atoms with Crippen LogP contribution in [-0.4, -0.2) is 11.3 Å². The van der Waals surface area contributed by atoms with Crippen molar-refractivity contribution in [1.29, 1.82) is 0 Å². The Morgan fingerprint density at radius 3 is 2.38 bits per heavy atom. The molecule has 0 radical (unpaired) electrons. The van der Waals surface area contributed by atoms with E-state index in [1.165, 1.54) is 5.56 Å². The summed E-state index contributed by atoms with van der Waals surface area (Å²) in [5.74, 6) is 0.259. The van der Waals surface area contributed by atoms with Gasteiger partial charge in [0.15, 0.2) is 0 Å². The molecule has 2 nitrogen and oxygen atoms in total. The molecule has 0 heterocycles. The molecule has 0 atom stereocenters.